The van der Waals surface area contributed by atoms with Crippen molar-refractivity contribution < 1.29 is 9.53 Å². The van der Waals surface area contributed by atoms with E-state index < -0.39 is 6.10 Å². The second-order valence-electron chi connectivity index (χ2n) is 10.5. The van der Waals surface area contributed by atoms with Gasteiger partial charge >= 0.3 is 0 Å². The molecule has 3 unspecified atom stereocenters. The molecule has 1 amide bonds. The molecule has 5 heteroatoms. The molecule has 0 radical (unpaired) electrons. The summed E-state index contributed by atoms with van der Waals surface area (Å²) in [5.74, 6) is 2.36. The van der Waals surface area contributed by atoms with Crippen LogP contribution in [0.5, 0.6) is 5.75 Å². The van der Waals surface area contributed by atoms with Gasteiger partial charge in [-0.2, -0.15) is 0 Å². The van der Waals surface area contributed by atoms with Crippen molar-refractivity contribution in [2.75, 3.05) is 32.4 Å². The maximum atomic E-state index is 13.2. The fourth-order valence-corrected chi connectivity index (χ4v) is 5.56. The van der Waals surface area contributed by atoms with Crippen molar-refractivity contribution >= 4 is 11.6 Å². The number of carbonyl (C=O) groups excluding carboxylic acids is 1. The number of hydrogen-bond donors (Lipinski definition) is 1. The normalized spacial score (nSPS) is 21.8. The van der Waals surface area contributed by atoms with E-state index in [2.05, 4.69) is 35.2 Å². The van der Waals surface area contributed by atoms with E-state index in [4.69, 9.17) is 10.5 Å². The summed E-state index contributed by atoms with van der Waals surface area (Å²) in [6.07, 6.45) is 2.83. The fourth-order valence-electron chi connectivity index (χ4n) is 5.56. The van der Waals surface area contributed by atoms with Crippen LogP contribution in [0.25, 0.3) is 0 Å². The van der Waals surface area contributed by atoms with Gasteiger partial charge in [-0.3, -0.25) is 4.79 Å². The lowest BCUT2D eigenvalue weighted by Gasteiger charge is -2.37. The highest BCUT2D eigenvalue weighted by Crippen LogP contribution is 2.48. The Balaban J connectivity index is 1.29. The summed E-state index contributed by atoms with van der Waals surface area (Å²) in [5.41, 5.74) is 12.6. The zero-order valence-electron chi connectivity index (χ0n) is 21.7. The van der Waals surface area contributed by atoms with E-state index in [1.54, 1.807) is 0 Å². The maximum absolute atomic E-state index is 13.2. The quantitative estimate of drug-likeness (QED) is 0.587. The van der Waals surface area contributed by atoms with E-state index in [1.165, 1.54) is 18.5 Å². The first-order valence-electron chi connectivity index (χ1n) is 12.8. The lowest BCUT2D eigenvalue weighted by atomic mass is 9.97. The lowest BCUT2D eigenvalue weighted by Crippen LogP contribution is -2.49. The number of amides is 1. The molecule has 1 aliphatic carbocycles. The van der Waals surface area contributed by atoms with Crippen LogP contribution in [0.4, 0.5) is 5.69 Å². The van der Waals surface area contributed by atoms with Crippen molar-refractivity contribution in [2.45, 2.75) is 71.9 Å². The number of rotatable bonds is 7. The first-order valence-corrected chi connectivity index (χ1v) is 12.8. The summed E-state index contributed by atoms with van der Waals surface area (Å²) in [5, 5.41) is 0. The predicted octanol–water partition coefficient (Wildman–Crippen LogP) is 5.00. The first-order chi connectivity index (χ1) is 16.2. The van der Waals surface area contributed by atoms with Gasteiger partial charge in [-0.25, -0.2) is 0 Å². The van der Waals surface area contributed by atoms with Crippen molar-refractivity contribution in [3.8, 4) is 5.75 Å². The van der Waals surface area contributed by atoms with Crippen LogP contribution in [-0.2, 0) is 4.79 Å². The number of benzene rings is 2. The van der Waals surface area contributed by atoms with Crippen molar-refractivity contribution in [1.82, 2.24) is 9.80 Å². The SMILES string of the molecule is Cc1c(C)c(OC(C)C(=O)N(C)C2CCN(CC3CC3c3ccccc3)CC2)c(C)c(C)c1N. The van der Waals surface area contributed by atoms with Crippen LogP contribution in [0.2, 0.25) is 0 Å². The Hall–Kier alpha value is -2.53. The minimum absolute atomic E-state index is 0.0516. The number of ether oxygens (including phenoxy) is 1. The molecule has 0 bridgehead atoms. The van der Waals surface area contributed by atoms with Crippen molar-refractivity contribution in [1.29, 1.82) is 0 Å². The van der Waals surface area contributed by atoms with E-state index in [9.17, 15) is 4.79 Å². The number of likely N-dealkylation sites (N-methyl/N-ethyl adjacent to an activating group) is 1. The molecule has 2 fully saturated rings. The number of nitrogens with zero attached hydrogens (tertiary/aromatic N) is 2. The number of anilines is 1. The van der Waals surface area contributed by atoms with Crippen molar-refractivity contribution in [2.24, 2.45) is 5.92 Å². The van der Waals surface area contributed by atoms with Gasteiger partial charge in [-0.05, 0) is 93.5 Å². The third-order valence-electron chi connectivity index (χ3n) is 8.35. The Morgan fingerprint density at radius 2 is 1.65 bits per heavy atom. The summed E-state index contributed by atoms with van der Waals surface area (Å²) in [4.78, 5) is 17.8. The molecule has 2 N–H and O–H groups in total. The number of likely N-dealkylation sites (tertiary alicyclic amines) is 1. The van der Waals surface area contributed by atoms with E-state index in [0.717, 1.165) is 71.5 Å². The third-order valence-corrected chi connectivity index (χ3v) is 8.35. The van der Waals surface area contributed by atoms with Crippen LogP contribution in [0, 0.1) is 33.6 Å². The fraction of sp³-hybridized carbons (Fsp3) is 0.552. The second-order valence-corrected chi connectivity index (χ2v) is 10.5. The molecule has 4 rings (SSSR count). The summed E-state index contributed by atoms with van der Waals surface area (Å²) in [6.45, 7) is 13.2. The van der Waals surface area contributed by atoms with Crippen LogP contribution in [0.3, 0.4) is 0 Å². The highest BCUT2D eigenvalue weighted by molar-refractivity contribution is 5.81. The molecule has 1 aliphatic heterocycles. The number of nitrogen functional groups attached to an aromatic ring is 1. The molecule has 0 aromatic heterocycles. The second kappa shape index (κ2) is 9.99. The average molecular weight is 464 g/mol. The Labute approximate surface area is 205 Å². The Bertz CT molecular complexity index is 998. The number of nitrogens with two attached hydrogens (primary N) is 1. The molecular weight excluding hydrogens is 422 g/mol. The molecule has 1 saturated heterocycles. The molecule has 3 atom stereocenters. The molecule has 0 spiro atoms. The van der Waals surface area contributed by atoms with E-state index in [0.29, 0.717) is 0 Å². The van der Waals surface area contributed by atoms with Gasteiger partial charge in [0.15, 0.2) is 6.10 Å². The van der Waals surface area contributed by atoms with Crippen molar-refractivity contribution in [3.63, 3.8) is 0 Å². The summed E-state index contributed by atoms with van der Waals surface area (Å²) >= 11 is 0. The molecular formula is C29H41N3O2. The summed E-state index contributed by atoms with van der Waals surface area (Å²) in [7, 11) is 1.94. The summed E-state index contributed by atoms with van der Waals surface area (Å²) in [6, 6.07) is 11.2. The van der Waals surface area contributed by atoms with E-state index in [-0.39, 0.29) is 11.9 Å². The zero-order chi connectivity index (χ0) is 24.6. The van der Waals surface area contributed by atoms with Gasteiger partial charge in [0.2, 0.25) is 0 Å². The van der Waals surface area contributed by atoms with Gasteiger partial charge in [-0.15, -0.1) is 0 Å². The minimum Gasteiger partial charge on any atom is -0.480 e. The van der Waals surface area contributed by atoms with Crippen LogP contribution >= 0.6 is 0 Å². The van der Waals surface area contributed by atoms with Crippen LogP contribution in [0.15, 0.2) is 30.3 Å². The monoisotopic (exact) mass is 463 g/mol. The average Bonchev–Trinajstić information content (AvgIpc) is 3.63. The van der Waals surface area contributed by atoms with Gasteiger partial charge in [-0.1, -0.05) is 30.3 Å². The predicted molar refractivity (Wildman–Crippen MR) is 139 cm³/mol. The lowest BCUT2D eigenvalue weighted by molar-refractivity contribution is -0.139. The van der Waals surface area contributed by atoms with Gasteiger partial charge < -0.3 is 20.3 Å². The first kappa shape index (κ1) is 24.6. The van der Waals surface area contributed by atoms with Gasteiger partial charge in [0, 0.05) is 38.4 Å². The molecule has 1 heterocycles. The standard InChI is InChI=1S/C29H41N3O2/c1-18-20(3)28(21(4)19(2)27(18)30)34-22(5)29(33)31(6)25-12-14-32(15-13-25)17-24-16-26(24)23-10-8-7-9-11-23/h7-11,22,24-26H,12-17,30H2,1-6H3. The molecule has 184 valence electrons. The number of piperidine rings is 1. The summed E-state index contributed by atoms with van der Waals surface area (Å²) < 4.78 is 6.24. The molecule has 2 aromatic rings. The van der Waals surface area contributed by atoms with Gasteiger partial charge in [0.1, 0.15) is 5.75 Å². The van der Waals surface area contributed by atoms with Crippen LogP contribution in [-0.4, -0.2) is 54.5 Å². The molecule has 5 nitrogen and oxygen atoms in total. The van der Waals surface area contributed by atoms with Gasteiger partial charge in [0.25, 0.3) is 5.91 Å². The highest BCUT2D eigenvalue weighted by atomic mass is 16.5. The van der Waals surface area contributed by atoms with E-state index in [1.807, 2.05) is 46.6 Å². The topological polar surface area (TPSA) is 58.8 Å². The Kier molecular flexibility index (Phi) is 7.22. The molecule has 1 saturated carbocycles. The van der Waals surface area contributed by atoms with Crippen LogP contribution < -0.4 is 10.5 Å². The maximum Gasteiger partial charge on any atom is 0.263 e. The zero-order valence-corrected chi connectivity index (χ0v) is 21.7. The Morgan fingerprint density at radius 1 is 1.06 bits per heavy atom. The van der Waals surface area contributed by atoms with Gasteiger partial charge in [0.05, 0.1) is 0 Å². The highest BCUT2D eigenvalue weighted by Gasteiger charge is 2.40. The Morgan fingerprint density at radius 3 is 2.24 bits per heavy atom. The van der Waals surface area contributed by atoms with Crippen molar-refractivity contribution in [3.05, 3.63) is 58.1 Å². The number of hydrogen-bond acceptors (Lipinski definition) is 4. The smallest absolute Gasteiger partial charge is 0.263 e. The molecule has 34 heavy (non-hydrogen) atoms. The third kappa shape index (κ3) is 4.95. The molecule has 2 aliphatic rings. The minimum atomic E-state index is -0.527. The van der Waals surface area contributed by atoms with Crippen LogP contribution in [0.1, 0.15) is 59.9 Å². The largest absolute Gasteiger partial charge is 0.480 e. The molecule has 2 aromatic carbocycles. The van der Waals surface area contributed by atoms with E-state index >= 15 is 0 Å². The number of carbonyl (C=O) groups is 1.